The van der Waals surface area contributed by atoms with Crippen molar-refractivity contribution in [2.24, 2.45) is 5.73 Å². The number of hydrogen-bond acceptors (Lipinski definition) is 2. The molecule has 1 aromatic carbocycles. The first-order chi connectivity index (χ1) is 8.58. The fourth-order valence-corrected chi connectivity index (χ4v) is 2.72. The van der Waals surface area contributed by atoms with Crippen molar-refractivity contribution in [2.45, 2.75) is 25.8 Å². The van der Waals surface area contributed by atoms with Gasteiger partial charge < -0.3 is 15.3 Å². The summed E-state index contributed by atoms with van der Waals surface area (Å²) in [5, 5.41) is 0. The number of aryl methyl sites for hydroxylation is 1. The summed E-state index contributed by atoms with van der Waals surface area (Å²) >= 11 is 7.59. The molecule has 0 saturated carbocycles. The minimum absolute atomic E-state index is 0.243. The Balaban J connectivity index is 2.15. The lowest BCUT2D eigenvalue weighted by molar-refractivity contribution is -0.118. The van der Waals surface area contributed by atoms with Crippen LogP contribution in [0.3, 0.4) is 0 Å². The second-order valence-electron chi connectivity index (χ2n) is 4.17. The van der Waals surface area contributed by atoms with Crippen molar-refractivity contribution in [2.75, 3.05) is 0 Å². The summed E-state index contributed by atoms with van der Waals surface area (Å²) in [6.07, 6.45) is 2.14. The summed E-state index contributed by atoms with van der Waals surface area (Å²) in [7, 11) is 0. The Morgan fingerprint density at radius 3 is 2.94 bits per heavy atom. The third-order valence-electron chi connectivity index (χ3n) is 2.79. The van der Waals surface area contributed by atoms with Gasteiger partial charge >= 0.3 is 0 Å². The van der Waals surface area contributed by atoms with E-state index in [1.165, 1.54) is 3.57 Å². The number of carbonyl (C=O) groups excluding carboxylic acids is 1. The van der Waals surface area contributed by atoms with Crippen molar-refractivity contribution in [3.05, 3.63) is 26.5 Å². The fourth-order valence-electron chi connectivity index (χ4n) is 1.93. The molecule has 0 aliphatic rings. The van der Waals surface area contributed by atoms with Gasteiger partial charge in [-0.3, -0.25) is 4.79 Å². The number of nitrogens with one attached hydrogen (secondary N) is 1. The normalized spacial score (nSPS) is 10.9. The zero-order valence-corrected chi connectivity index (χ0v) is 12.8. The van der Waals surface area contributed by atoms with Gasteiger partial charge in [-0.25, -0.2) is 0 Å². The SMILES string of the molecule is NC(=O)CCCCn1c(=S)[nH]c2cc(I)ccc21. The topological polar surface area (TPSA) is 63.8 Å². The van der Waals surface area contributed by atoms with E-state index >= 15 is 0 Å². The Morgan fingerprint density at radius 2 is 2.22 bits per heavy atom. The third kappa shape index (κ3) is 3.11. The van der Waals surface area contributed by atoms with Gasteiger partial charge in [0.15, 0.2) is 4.77 Å². The van der Waals surface area contributed by atoms with Gasteiger partial charge in [-0.2, -0.15) is 0 Å². The molecule has 3 N–H and O–H groups in total. The Hall–Kier alpha value is -0.890. The number of benzene rings is 1. The highest BCUT2D eigenvalue weighted by Crippen LogP contribution is 2.18. The van der Waals surface area contributed by atoms with Crippen molar-refractivity contribution in [1.29, 1.82) is 0 Å². The van der Waals surface area contributed by atoms with E-state index < -0.39 is 0 Å². The summed E-state index contributed by atoms with van der Waals surface area (Å²) in [6, 6.07) is 6.20. The number of aromatic nitrogens is 2. The predicted octanol–water partition coefficient (Wildman–Crippen LogP) is 2.96. The minimum atomic E-state index is -0.243. The summed E-state index contributed by atoms with van der Waals surface area (Å²) in [4.78, 5) is 13.9. The fraction of sp³-hybridized carbons (Fsp3) is 0.333. The van der Waals surface area contributed by atoms with Crippen LogP contribution in [0.1, 0.15) is 19.3 Å². The van der Waals surface area contributed by atoms with Crippen LogP contribution in [0.15, 0.2) is 18.2 Å². The number of aromatic amines is 1. The maximum absolute atomic E-state index is 10.7. The molecule has 0 unspecified atom stereocenters. The van der Waals surface area contributed by atoms with Crippen molar-refractivity contribution in [3.63, 3.8) is 0 Å². The molecule has 4 nitrogen and oxygen atoms in total. The minimum Gasteiger partial charge on any atom is -0.370 e. The van der Waals surface area contributed by atoms with Crippen molar-refractivity contribution >= 4 is 51.7 Å². The van der Waals surface area contributed by atoms with Crippen LogP contribution in [0, 0.1) is 8.34 Å². The predicted molar refractivity (Wildman–Crippen MR) is 82.9 cm³/mol. The maximum atomic E-state index is 10.7. The number of imidazole rings is 1. The average Bonchev–Trinajstić information content (AvgIpc) is 2.59. The van der Waals surface area contributed by atoms with Gasteiger partial charge in [0, 0.05) is 16.5 Å². The first kappa shape index (κ1) is 13.5. The number of primary amides is 1. The summed E-state index contributed by atoms with van der Waals surface area (Å²) < 4.78 is 3.98. The van der Waals surface area contributed by atoms with Crippen LogP contribution in [0.4, 0.5) is 0 Å². The smallest absolute Gasteiger partial charge is 0.217 e. The highest BCUT2D eigenvalue weighted by Gasteiger charge is 2.04. The van der Waals surface area contributed by atoms with Crippen molar-refractivity contribution in [1.82, 2.24) is 9.55 Å². The van der Waals surface area contributed by atoms with Crippen LogP contribution < -0.4 is 5.73 Å². The highest BCUT2D eigenvalue weighted by atomic mass is 127. The number of halogens is 1. The monoisotopic (exact) mass is 375 g/mol. The largest absolute Gasteiger partial charge is 0.370 e. The number of nitrogens with two attached hydrogens (primary N) is 1. The Morgan fingerprint density at radius 1 is 1.44 bits per heavy atom. The molecule has 96 valence electrons. The van der Waals surface area contributed by atoms with Gasteiger partial charge in [-0.05, 0) is 65.8 Å². The van der Waals surface area contributed by atoms with E-state index in [0.717, 1.165) is 35.2 Å². The van der Waals surface area contributed by atoms with E-state index in [0.29, 0.717) is 6.42 Å². The number of carbonyl (C=O) groups is 1. The molecule has 2 rings (SSSR count). The van der Waals surface area contributed by atoms with E-state index in [9.17, 15) is 4.79 Å². The second-order valence-corrected chi connectivity index (χ2v) is 5.80. The lowest BCUT2D eigenvalue weighted by Crippen LogP contribution is -2.10. The van der Waals surface area contributed by atoms with Gasteiger partial charge in [-0.15, -0.1) is 0 Å². The molecule has 0 spiro atoms. The molecule has 0 saturated heterocycles. The number of rotatable bonds is 5. The van der Waals surface area contributed by atoms with Crippen LogP contribution in [-0.2, 0) is 11.3 Å². The molecule has 1 aromatic heterocycles. The van der Waals surface area contributed by atoms with Gasteiger partial charge in [-0.1, -0.05) is 0 Å². The number of hydrogen-bond donors (Lipinski definition) is 2. The number of unbranched alkanes of at least 4 members (excludes halogenated alkanes) is 1. The summed E-state index contributed by atoms with van der Waals surface area (Å²) in [5.41, 5.74) is 7.28. The molecule has 0 fully saturated rings. The third-order valence-corrected chi connectivity index (χ3v) is 3.78. The molecular weight excluding hydrogens is 361 g/mol. The molecular formula is C12H14IN3OS. The molecule has 6 heteroatoms. The van der Waals surface area contributed by atoms with E-state index in [2.05, 4.69) is 50.3 Å². The number of nitrogens with zero attached hydrogens (tertiary/aromatic N) is 1. The molecule has 0 aliphatic heterocycles. The second kappa shape index (κ2) is 5.83. The lowest BCUT2D eigenvalue weighted by atomic mass is 10.2. The van der Waals surface area contributed by atoms with Crippen molar-refractivity contribution < 1.29 is 4.79 Å². The Labute approximate surface area is 124 Å². The van der Waals surface area contributed by atoms with Crippen LogP contribution in [0.5, 0.6) is 0 Å². The molecule has 18 heavy (non-hydrogen) atoms. The molecule has 2 aromatic rings. The average molecular weight is 375 g/mol. The standard InChI is InChI=1S/C12H14IN3OS/c13-8-4-5-10-9(7-8)15-12(18)16(10)6-2-1-3-11(14)17/h4-5,7H,1-3,6H2,(H2,14,17)(H,15,18). The zero-order chi connectivity index (χ0) is 13.1. The number of H-pyrrole nitrogens is 1. The van der Waals surface area contributed by atoms with Crippen LogP contribution in [0.2, 0.25) is 0 Å². The molecule has 0 bridgehead atoms. The highest BCUT2D eigenvalue weighted by molar-refractivity contribution is 14.1. The lowest BCUT2D eigenvalue weighted by Gasteiger charge is -2.03. The summed E-state index contributed by atoms with van der Waals surface area (Å²) in [6.45, 7) is 0.812. The zero-order valence-electron chi connectivity index (χ0n) is 9.78. The van der Waals surface area contributed by atoms with Gasteiger partial charge in [0.05, 0.1) is 11.0 Å². The number of amides is 1. The van der Waals surface area contributed by atoms with Gasteiger partial charge in [0.1, 0.15) is 0 Å². The van der Waals surface area contributed by atoms with E-state index in [-0.39, 0.29) is 5.91 Å². The molecule has 1 amide bonds. The Bertz CT molecular complexity index is 632. The van der Waals surface area contributed by atoms with Gasteiger partial charge in [0.2, 0.25) is 5.91 Å². The Kier molecular flexibility index (Phi) is 4.39. The maximum Gasteiger partial charge on any atom is 0.217 e. The van der Waals surface area contributed by atoms with E-state index in [4.69, 9.17) is 18.0 Å². The molecule has 1 heterocycles. The van der Waals surface area contributed by atoms with Crippen LogP contribution in [-0.4, -0.2) is 15.5 Å². The number of fused-ring (bicyclic) bond motifs is 1. The molecule has 0 atom stereocenters. The van der Waals surface area contributed by atoms with E-state index in [1.807, 2.05) is 0 Å². The van der Waals surface area contributed by atoms with E-state index in [1.54, 1.807) is 0 Å². The van der Waals surface area contributed by atoms with Crippen LogP contribution in [0.25, 0.3) is 11.0 Å². The quantitative estimate of drug-likeness (QED) is 0.480. The molecule has 0 aliphatic carbocycles. The van der Waals surface area contributed by atoms with Crippen molar-refractivity contribution in [3.8, 4) is 0 Å². The molecule has 0 radical (unpaired) electrons. The summed E-state index contributed by atoms with van der Waals surface area (Å²) in [5.74, 6) is -0.243. The first-order valence-electron chi connectivity index (χ1n) is 5.74. The first-order valence-corrected chi connectivity index (χ1v) is 7.23. The van der Waals surface area contributed by atoms with Crippen LogP contribution >= 0.6 is 34.8 Å². The van der Waals surface area contributed by atoms with Gasteiger partial charge in [0.25, 0.3) is 0 Å².